The highest BCUT2D eigenvalue weighted by Gasteiger charge is 2.48. The molecule has 59 heavy (non-hydrogen) atoms. The first kappa shape index (κ1) is 35.3. The minimum Gasteiger partial charge on any atom is -0.468 e. The van der Waals surface area contributed by atoms with E-state index < -0.39 is 12.0 Å². The van der Waals surface area contributed by atoms with Gasteiger partial charge in [0.25, 0.3) is 0 Å². The number of aromatic nitrogens is 2. The number of hydrogen-bond acceptors (Lipinski definition) is 4. The summed E-state index contributed by atoms with van der Waals surface area (Å²) in [5.41, 5.74) is 15.2. The summed E-state index contributed by atoms with van der Waals surface area (Å²) >= 11 is 0. The molecule has 10 rings (SSSR count). The molecule has 0 amide bonds. The highest BCUT2D eigenvalue weighted by Crippen LogP contribution is 2.55. The molecule has 0 saturated carbocycles. The second kappa shape index (κ2) is 12.9. The minimum absolute atomic E-state index is 0.0364. The Kier molecular flexibility index (Phi) is 7.72. The molecule has 5 aromatic carbocycles. The van der Waals surface area contributed by atoms with Crippen molar-refractivity contribution in [2.45, 2.75) is 117 Å². The molecule has 0 N–H and O–H groups in total. The molecule has 1 aliphatic carbocycles. The van der Waals surface area contributed by atoms with Crippen LogP contribution in [-0.2, 0) is 21.9 Å². The Bertz CT molecular complexity index is 3020. The predicted molar refractivity (Wildman–Crippen MR) is 246 cm³/mol. The number of aryl methyl sites for hydroxylation is 2. The van der Waals surface area contributed by atoms with Crippen LogP contribution in [0, 0.1) is 20.8 Å². The van der Waals surface area contributed by atoms with Crippen molar-refractivity contribution in [2.24, 2.45) is 4.99 Å². The number of benzene rings is 5. The molecule has 5 nitrogen and oxygen atoms in total. The fourth-order valence-corrected chi connectivity index (χ4v) is 9.86. The number of aliphatic imine (C=N–C) groups is 1. The zero-order valence-electron chi connectivity index (χ0n) is 38.4. The standard InChI is InChI=1S/C54H56N4O/c1-31(2)35-25-36(51-56-50-40-18-17-33(4)34(5)39(40)20-22-54(50,11)59-51)27-38(26-35)57-46-15-13-12-14-43(46)53(9,10)44-29-42-41-24-32(3)16-19-45(41)58(47(42)30-48(44)57)49-28-37(21-23-55-49)52(6,7)8/h12-19,21,23-31,50H,20,22H2,1-11H3/t50-,54+/m1/s1/i20D2. The summed E-state index contributed by atoms with van der Waals surface area (Å²) in [5.74, 6) is 1.70. The summed E-state index contributed by atoms with van der Waals surface area (Å²) in [6, 6.07) is 35.5. The first-order chi connectivity index (χ1) is 28.8. The Labute approximate surface area is 352 Å². The van der Waals surface area contributed by atoms with Gasteiger partial charge in [-0.15, -0.1) is 0 Å². The average Bonchev–Trinajstić information content (AvgIpc) is 3.71. The predicted octanol–water partition coefficient (Wildman–Crippen LogP) is 13.9. The summed E-state index contributed by atoms with van der Waals surface area (Å²) in [7, 11) is 0. The van der Waals surface area contributed by atoms with Crippen molar-refractivity contribution >= 4 is 44.8 Å². The Balaban J connectivity index is 1.21. The second-order valence-electron chi connectivity index (χ2n) is 19.4. The van der Waals surface area contributed by atoms with E-state index in [0.29, 0.717) is 5.90 Å². The highest BCUT2D eigenvalue weighted by molar-refractivity contribution is 6.12. The maximum absolute atomic E-state index is 9.26. The molecular formula is C54H56N4O. The Morgan fingerprint density at radius 3 is 2.37 bits per heavy atom. The number of hydrogen-bond donors (Lipinski definition) is 0. The number of rotatable bonds is 4. The summed E-state index contributed by atoms with van der Waals surface area (Å²) in [6.07, 6.45) is 0.630. The van der Waals surface area contributed by atoms with Gasteiger partial charge >= 0.3 is 0 Å². The van der Waals surface area contributed by atoms with Crippen molar-refractivity contribution in [1.29, 1.82) is 0 Å². The van der Waals surface area contributed by atoms with E-state index in [9.17, 15) is 2.74 Å². The third-order valence-corrected chi connectivity index (χ3v) is 13.6. The van der Waals surface area contributed by atoms with E-state index in [1.807, 2.05) is 20.0 Å². The van der Waals surface area contributed by atoms with Crippen LogP contribution in [0.25, 0.3) is 27.6 Å². The Morgan fingerprint density at radius 2 is 1.59 bits per heavy atom. The molecule has 0 saturated heterocycles. The maximum atomic E-state index is 9.26. The molecule has 0 spiro atoms. The Morgan fingerprint density at radius 1 is 0.814 bits per heavy atom. The number of anilines is 3. The molecule has 0 radical (unpaired) electrons. The molecule has 7 aromatic rings. The van der Waals surface area contributed by atoms with Crippen molar-refractivity contribution in [2.75, 3.05) is 4.90 Å². The summed E-state index contributed by atoms with van der Waals surface area (Å²) in [4.78, 5) is 12.8. The number of ether oxygens (including phenoxy) is 1. The highest BCUT2D eigenvalue weighted by atomic mass is 16.5. The van der Waals surface area contributed by atoms with Gasteiger partial charge in [0.05, 0.1) is 22.4 Å². The van der Waals surface area contributed by atoms with Gasteiger partial charge in [-0.25, -0.2) is 9.98 Å². The van der Waals surface area contributed by atoms with Crippen LogP contribution in [0.3, 0.4) is 0 Å². The van der Waals surface area contributed by atoms with Crippen LogP contribution in [0.5, 0.6) is 0 Å². The topological polar surface area (TPSA) is 42.6 Å². The zero-order chi connectivity index (χ0) is 43.1. The molecule has 0 fully saturated rings. The van der Waals surface area contributed by atoms with Crippen LogP contribution in [0.2, 0.25) is 0 Å². The maximum Gasteiger partial charge on any atom is 0.217 e. The van der Waals surface area contributed by atoms with Crippen molar-refractivity contribution in [3.63, 3.8) is 0 Å². The number of nitrogens with zero attached hydrogens (tertiary/aromatic N) is 4. The molecule has 2 aromatic heterocycles. The lowest BCUT2D eigenvalue weighted by Crippen LogP contribution is -2.36. The fraction of sp³-hybridized carbons (Fsp3) is 0.333. The smallest absolute Gasteiger partial charge is 0.217 e. The molecule has 0 unspecified atom stereocenters. The van der Waals surface area contributed by atoms with Gasteiger partial charge in [-0.2, -0.15) is 0 Å². The quantitative estimate of drug-likeness (QED) is 0.179. The Hall–Kier alpha value is -5.68. The van der Waals surface area contributed by atoms with Crippen LogP contribution in [0.15, 0.2) is 108 Å². The molecule has 3 aliphatic rings. The third-order valence-electron chi connectivity index (χ3n) is 13.6. The molecule has 0 bridgehead atoms. The van der Waals surface area contributed by atoms with Gasteiger partial charge < -0.3 is 9.64 Å². The third kappa shape index (κ3) is 5.71. The summed E-state index contributed by atoms with van der Waals surface area (Å²) in [5, 5.41) is 2.42. The number of fused-ring (bicyclic) bond motifs is 8. The van der Waals surface area contributed by atoms with E-state index in [0.717, 1.165) is 61.7 Å². The van der Waals surface area contributed by atoms with E-state index >= 15 is 0 Å². The lowest BCUT2D eigenvalue weighted by atomic mass is 9.73. The van der Waals surface area contributed by atoms with E-state index in [1.165, 1.54) is 38.6 Å². The van der Waals surface area contributed by atoms with Gasteiger partial charge in [0.2, 0.25) is 5.90 Å². The van der Waals surface area contributed by atoms with Crippen molar-refractivity contribution < 1.29 is 7.48 Å². The first-order valence-corrected chi connectivity index (χ1v) is 21.3. The zero-order valence-corrected chi connectivity index (χ0v) is 36.4. The van der Waals surface area contributed by atoms with Crippen LogP contribution < -0.4 is 4.90 Å². The number of pyridine rings is 1. The van der Waals surface area contributed by atoms with Crippen LogP contribution in [-0.4, -0.2) is 21.0 Å². The van der Waals surface area contributed by atoms with Gasteiger partial charge in [-0.1, -0.05) is 90.4 Å². The van der Waals surface area contributed by atoms with Gasteiger partial charge in [-0.05, 0) is 157 Å². The fourth-order valence-electron chi connectivity index (χ4n) is 9.86. The minimum atomic E-state index is -1.54. The molecule has 2 aliphatic heterocycles. The summed E-state index contributed by atoms with van der Waals surface area (Å²) < 4.78 is 27.8. The largest absolute Gasteiger partial charge is 0.468 e. The number of para-hydroxylation sites is 1. The van der Waals surface area contributed by atoms with Gasteiger partial charge in [-0.3, -0.25) is 4.57 Å². The summed E-state index contributed by atoms with van der Waals surface area (Å²) in [6.45, 7) is 24.2. The van der Waals surface area contributed by atoms with Crippen molar-refractivity contribution in [3.05, 3.63) is 159 Å². The normalized spacial score (nSPS) is 20.7. The molecule has 5 heteroatoms. The van der Waals surface area contributed by atoms with Gasteiger partial charge in [0.1, 0.15) is 17.5 Å². The monoisotopic (exact) mass is 778 g/mol. The van der Waals surface area contributed by atoms with Crippen LogP contribution in [0.1, 0.15) is 132 Å². The SMILES string of the molecule is [2H]C1([2H])C[C@]2(C)OC(c3cc(C(C)C)cc(N4c5ccccc5C(C)(C)c5cc6c7cc(C)ccc7n(-c7cc(C(C)(C)C)ccn7)c6cc54)c3)=N[C@@H]2c2ccc(C)c(C)c21. The van der Waals surface area contributed by atoms with E-state index in [1.54, 1.807) is 0 Å². The van der Waals surface area contributed by atoms with E-state index in [4.69, 9.17) is 14.7 Å². The molecular weight excluding hydrogens is 721 g/mol. The van der Waals surface area contributed by atoms with Crippen molar-refractivity contribution in [3.8, 4) is 5.82 Å². The van der Waals surface area contributed by atoms with Crippen LogP contribution >= 0.6 is 0 Å². The van der Waals surface area contributed by atoms with Crippen molar-refractivity contribution in [1.82, 2.24) is 9.55 Å². The molecule has 4 heterocycles. The van der Waals surface area contributed by atoms with Crippen LogP contribution in [0.4, 0.5) is 17.1 Å². The van der Waals surface area contributed by atoms with E-state index in [2.05, 4.69) is 169 Å². The first-order valence-electron chi connectivity index (χ1n) is 22.3. The van der Waals surface area contributed by atoms with Gasteiger partial charge in [0.15, 0.2) is 0 Å². The second-order valence-corrected chi connectivity index (χ2v) is 19.4. The van der Waals surface area contributed by atoms with Gasteiger partial charge in [0, 0.05) is 36.4 Å². The molecule has 298 valence electrons. The average molecular weight is 779 g/mol. The van der Waals surface area contributed by atoms with E-state index in [-0.39, 0.29) is 29.2 Å². The molecule has 2 atom stereocenters. The lowest BCUT2D eigenvalue weighted by molar-refractivity contribution is 0.0602. The lowest BCUT2D eigenvalue weighted by Gasteiger charge is -2.42.